The van der Waals surface area contributed by atoms with Gasteiger partial charge in [-0.3, -0.25) is 4.79 Å². The van der Waals surface area contributed by atoms with Crippen LogP contribution < -0.4 is 10.6 Å². The summed E-state index contributed by atoms with van der Waals surface area (Å²) < 4.78 is 13.5. The van der Waals surface area contributed by atoms with Gasteiger partial charge in [0, 0.05) is 26.2 Å². The monoisotopic (exact) mass is 315 g/mol. The second-order valence-corrected chi connectivity index (χ2v) is 5.04. The number of rotatable bonds is 4. The third-order valence-corrected chi connectivity index (χ3v) is 3.33. The summed E-state index contributed by atoms with van der Waals surface area (Å²) in [7, 11) is 3.18. The first-order chi connectivity index (χ1) is 11.0. The number of para-hydroxylation sites is 1. The molecule has 23 heavy (non-hydrogen) atoms. The predicted octanol–water partition coefficient (Wildman–Crippen LogP) is 2.85. The topological polar surface area (TPSA) is 61.4 Å². The molecule has 2 rings (SSSR count). The summed E-state index contributed by atoms with van der Waals surface area (Å²) >= 11 is 0. The zero-order valence-electron chi connectivity index (χ0n) is 13.0. The molecule has 0 aromatic heterocycles. The van der Waals surface area contributed by atoms with Gasteiger partial charge in [-0.2, -0.15) is 0 Å². The lowest BCUT2D eigenvalue weighted by atomic mass is 10.1. The van der Waals surface area contributed by atoms with E-state index in [0.717, 1.165) is 5.56 Å². The van der Waals surface area contributed by atoms with E-state index in [1.54, 1.807) is 50.5 Å². The Kier molecular flexibility index (Phi) is 5.30. The van der Waals surface area contributed by atoms with Crippen molar-refractivity contribution in [3.8, 4) is 0 Å². The lowest BCUT2D eigenvalue weighted by molar-refractivity contribution is 0.0963. The van der Waals surface area contributed by atoms with Crippen LogP contribution in [0.2, 0.25) is 0 Å². The normalized spacial score (nSPS) is 10.0. The van der Waals surface area contributed by atoms with Gasteiger partial charge in [-0.05, 0) is 29.8 Å². The molecule has 0 atom stereocenters. The minimum atomic E-state index is -0.482. The van der Waals surface area contributed by atoms with Crippen LogP contribution in [0.4, 0.5) is 14.9 Å². The van der Waals surface area contributed by atoms with Gasteiger partial charge in [0.1, 0.15) is 5.82 Å². The molecule has 0 radical (unpaired) electrons. The van der Waals surface area contributed by atoms with Crippen molar-refractivity contribution in [3.05, 3.63) is 65.5 Å². The average Bonchev–Trinajstić information content (AvgIpc) is 2.56. The van der Waals surface area contributed by atoms with Gasteiger partial charge in [0.25, 0.3) is 5.91 Å². The maximum Gasteiger partial charge on any atom is 0.321 e. The van der Waals surface area contributed by atoms with Crippen LogP contribution in [-0.4, -0.2) is 30.9 Å². The highest BCUT2D eigenvalue weighted by molar-refractivity contribution is 5.94. The zero-order valence-corrected chi connectivity index (χ0v) is 13.0. The average molecular weight is 315 g/mol. The van der Waals surface area contributed by atoms with E-state index < -0.39 is 11.8 Å². The Morgan fingerprint density at radius 1 is 1.09 bits per heavy atom. The summed E-state index contributed by atoms with van der Waals surface area (Å²) in [5, 5.41) is 5.06. The maximum atomic E-state index is 13.5. The quantitative estimate of drug-likeness (QED) is 0.911. The van der Waals surface area contributed by atoms with Crippen LogP contribution in [-0.2, 0) is 6.54 Å². The van der Waals surface area contributed by atoms with Crippen molar-refractivity contribution in [2.75, 3.05) is 19.4 Å². The van der Waals surface area contributed by atoms with Crippen molar-refractivity contribution < 1.29 is 14.0 Å². The highest BCUT2D eigenvalue weighted by Crippen LogP contribution is 2.14. The number of anilines is 1. The van der Waals surface area contributed by atoms with Crippen LogP contribution in [0.15, 0.2) is 48.5 Å². The van der Waals surface area contributed by atoms with Crippen molar-refractivity contribution in [1.29, 1.82) is 0 Å². The minimum absolute atomic E-state index is 0.138. The van der Waals surface area contributed by atoms with E-state index in [-0.39, 0.29) is 11.6 Å². The first-order valence-electron chi connectivity index (χ1n) is 7.09. The highest BCUT2D eigenvalue weighted by Gasteiger charge is 2.12. The van der Waals surface area contributed by atoms with Gasteiger partial charge in [-0.1, -0.05) is 24.3 Å². The maximum absolute atomic E-state index is 13.5. The Hall–Kier alpha value is -2.89. The second kappa shape index (κ2) is 7.40. The van der Waals surface area contributed by atoms with Crippen LogP contribution in [0, 0.1) is 5.82 Å². The molecule has 0 saturated carbocycles. The van der Waals surface area contributed by atoms with Gasteiger partial charge in [0.15, 0.2) is 0 Å². The lowest BCUT2D eigenvalue weighted by Gasteiger charge is -2.18. The molecule has 0 aliphatic carbocycles. The number of carbonyl (C=O) groups is 2. The van der Waals surface area contributed by atoms with Gasteiger partial charge in [-0.25, -0.2) is 9.18 Å². The smallest absolute Gasteiger partial charge is 0.321 e. The highest BCUT2D eigenvalue weighted by atomic mass is 19.1. The van der Waals surface area contributed by atoms with Crippen LogP contribution in [0.1, 0.15) is 15.9 Å². The molecule has 3 amide bonds. The fourth-order valence-corrected chi connectivity index (χ4v) is 2.02. The molecule has 0 bridgehead atoms. The number of nitrogens with zero attached hydrogens (tertiary/aromatic N) is 1. The number of hydrogen-bond acceptors (Lipinski definition) is 2. The van der Waals surface area contributed by atoms with Gasteiger partial charge < -0.3 is 15.5 Å². The molecule has 0 aliphatic heterocycles. The molecule has 0 spiro atoms. The summed E-state index contributed by atoms with van der Waals surface area (Å²) in [6, 6.07) is 12.5. The van der Waals surface area contributed by atoms with E-state index in [0.29, 0.717) is 12.1 Å². The van der Waals surface area contributed by atoms with E-state index in [4.69, 9.17) is 0 Å². The molecule has 0 saturated heterocycles. The Balaban J connectivity index is 1.98. The standard InChI is InChI=1S/C17H18FN3O2/c1-19-16(22)13-9-7-12(8-10-13)11-21(2)17(23)20-15-6-4-3-5-14(15)18/h3-10H,11H2,1-2H3,(H,19,22)(H,20,23). The van der Waals surface area contributed by atoms with Gasteiger partial charge in [-0.15, -0.1) is 0 Å². The molecule has 120 valence electrons. The van der Waals surface area contributed by atoms with Crippen molar-refractivity contribution in [2.24, 2.45) is 0 Å². The molecule has 0 aliphatic rings. The fourth-order valence-electron chi connectivity index (χ4n) is 2.02. The number of nitrogens with one attached hydrogen (secondary N) is 2. The molecule has 0 fully saturated rings. The molecular weight excluding hydrogens is 297 g/mol. The molecule has 2 aromatic rings. The summed E-state index contributed by atoms with van der Waals surface area (Å²) in [4.78, 5) is 25.0. The largest absolute Gasteiger partial charge is 0.355 e. The summed E-state index contributed by atoms with van der Waals surface area (Å²) in [6.07, 6.45) is 0. The first-order valence-corrected chi connectivity index (χ1v) is 7.09. The summed E-state index contributed by atoms with van der Waals surface area (Å²) in [5.41, 5.74) is 1.55. The number of halogens is 1. The first kappa shape index (κ1) is 16.5. The number of hydrogen-bond donors (Lipinski definition) is 2. The molecule has 0 heterocycles. The van der Waals surface area contributed by atoms with Crippen LogP contribution in [0.25, 0.3) is 0 Å². The van der Waals surface area contributed by atoms with Gasteiger partial charge in [0.2, 0.25) is 0 Å². The molecule has 2 aromatic carbocycles. The van der Waals surface area contributed by atoms with Crippen LogP contribution in [0.3, 0.4) is 0 Å². The van der Waals surface area contributed by atoms with Gasteiger partial charge in [0.05, 0.1) is 5.69 Å². The van der Waals surface area contributed by atoms with E-state index >= 15 is 0 Å². The fraction of sp³-hybridized carbons (Fsp3) is 0.176. The third-order valence-electron chi connectivity index (χ3n) is 3.33. The summed E-state index contributed by atoms with van der Waals surface area (Å²) in [6.45, 7) is 0.342. The number of amides is 3. The third kappa shape index (κ3) is 4.29. The van der Waals surface area contributed by atoms with Crippen molar-refractivity contribution in [3.63, 3.8) is 0 Å². The summed E-state index contributed by atoms with van der Waals surface area (Å²) in [5.74, 6) is -0.647. The Labute approximate surface area is 134 Å². The van der Waals surface area contributed by atoms with E-state index in [2.05, 4.69) is 10.6 Å². The van der Waals surface area contributed by atoms with Gasteiger partial charge >= 0.3 is 6.03 Å². The zero-order chi connectivity index (χ0) is 16.8. The molecule has 0 unspecified atom stereocenters. The Morgan fingerprint density at radius 2 is 1.74 bits per heavy atom. The lowest BCUT2D eigenvalue weighted by Crippen LogP contribution is -2.31. The SMILES string of the molecule is CNC(=O)c1ccc(CN(C)C(=O)Nc2ccccc2F)cc1. The van der Waals surface area contributed by atoms with Crippen molar-refractivity contribution >= 4 is 17.6 Å². The molecular formula is C17H18FN3O2. The Bertz CT molecular complexity index is 701. The second-order valence-electron chi connectivity index (χ2n) is 5.04. The molecule has 2 N–H and O–H groups in total. The van der Waals surface area contributed by atoms with Crippen LogP contribution in [0.5, 0.6) is 0 Å². The number of benzene rings is 2. The van der Waals surface area contributed by atoms with Crippen molar-refractivity contribution in [2.45, 2.75) is 6.54 Å². The minimum Gasteiger partial charge on any atom is -0.355 e. The number of carbonyl (C=O) groups excluding carboxylic acids is 2. The predicted molar refractivity (Wildman–Crippen MR) is 86.7 cm³/mol. The van der Waals surface area contributed by atoms with Crippen LogP contribution >= 0.6 is 0 Å². The van der Waals surface area contributed by atoms with E-state index in [9.17, 15) is 14.0 Å². The Morgan fingerprint density at radius 3 is 2.35 bits per heavy atom. The number of urea groups is 1. The molecule has 6 heteroatoms. The van der Waals surface area contributed by atoms with E-state index in [1.807, 2.05) is 0 Å². The molecule has 5 nitrogen and oxygen atoms in total. The van der Waals surface area contributed by atoms with Crippen molar-refractivity contribution in [1.82, 2.24) is 10.2 Å². The van der Waals surface area contributed by atoms with E-state index in [1.165, 1.54) is 17.0 Å².